The molecule has 190 valence electrons. The summed E-state index contributed by atoms with van der Waals surface area (Å²) < 4.78 is 0. The topological polar surface area (TPSA) is 40.5 Å². The van der Waals surface area contributed by atoms with Crippen LogP contribution in [0, 0.1) is 13.8 Å². The maximum atomic E-state index is 12.0. The molecule has 2 heteroatoms. The second kappa shape index (κ2) is 9.10. The molecule has 2 aromatic carbocycles. The van der Waals surface area contributed by atoms with Crippen molar-refractivity contribution in [3.05, 3.63) is 68.8 Å². The van der Waals surface area contributed by atoms with Crippen LogP contribution in [0.15, 0.2) is 24.3 Å². The lowest BCUT2D eigenvalue weighted by Crippen LogP contribution is -2.29. The van der Waals surface area contributed by atoms with Crippen LogP contribution in [-0.2, 0) is 21.7 Å². The summed E-state index contributed by atoms with van der Waals surface area (Å²) >= 11 is 0. The molecule has 2 atom stereocenters. The second-order valence-corrected chi connectivity index (χ2v) is 14.4. The average molecular weight is 467 g/mol. The van der Waals surface area contributed by atoms with Crippen LogP contribution < -0.4 is 0 Å². The van der Waals surface area contributed by atoms with Crippen LogP contribution in [0.5, 0.6) is 0 Å². The zero-order valence-corrected chi connectivity index (χ0v) is 24.4. The molecule has 0 heterocycles. The summed E-state index contributed by atoms with van der Waals surface area (Å²) in [6.07, 6.45) is -2.07. The molecular formula is C32H50O2. The van der Waals surface area contributed by atoms with E-state index in [0.29, 0.717) is 0 Å². The number of hydrogen-bond acceptors (Lipinski definition) is 2. The Hall–Kier alpha value is -1.64. The van der Waals surface area contributed by atoms with Crippen molar-refractivity contribution in [2.75, 3.05) is 0 Å². The molecule has 2 N–H and O–H groups in total. The van der Waals surface area contributed by atoms with E-state index in [1.807, 2.05) is 0 Å². The molecule has 2 unspecified atom stereocenters. The molecule has 0 saturated carbocycles. The van der Waals surface area contributed by atoms with Crippen molar-refractivity contribution in [3.63, 3.8) is 0 Å². The van der Waals surface area contributed by atoms with Crippen LogP contribution in [-0.4, -0.2) is 10.2 Å². The predicted octanol–water partition coefficient (Wildman–Crippen LogP) is 8.26. The van der Waals surface area contributed by atoms with E-state index in [4.69, 9.17) is 0 Å². The van der Waals surface area contributed by atoms with Gasteiger partial charge < -0.3 is 10.2 Å². The second-order valence-electron chi connectivity index (χ2n) is 14.4. The van der Waals surface area contributed by atoms with Crippen LogP contribution in [0.25, 0.3) is 0 Å². The molecule has 0 aromatic heterocycles. The lowest BCUT2D eigenvalue weighted by Gasteiger charge is -2.37. The van der Waals surface area contributed by atoms with E-state index >= 15 is 0 Å². The average Bonchev–Trinajstić information content (AvgIpc) is 2.62. The van der Waals surface area contributed by atoms with E-state index in [1.165, 1.54) is 11.1 Å². The van der Waals surface area contributed by atoms with Gasteiger partial charge in [-0.3, -0.25) is 0 Å². The number of hydrogen-bond donors (Lipinski definition) is 2. The van der Waals surface area contributed by atoms with E-state index in [9.17, 15) is 10.2 Å². The van der Waals surface area contributed by atoms with E-state index in [-0.39, 0.29) is 21.7 Å². The lowest BCUT2D eigenvalue weighted by molar-refractivity contribution is 0.0132. The van der Waals surface area contributed by atoms with Gasteiger partial charge in [-0.15, -0.1) is 0 Å². The lowest BCUT2D eigenvalue weighted by atomic mass is 9.70. The van der Waals surface area contributed by atoms with Gasteiger partial charge in [-0.25, -0.2) is 0 Å². The monoisotopic (exact) mass is 466 g/mol. The number of aryl methyl sites for hydroxylation is 2. The Balaban J connectivity index is 2.95. The molecule has 2 rings (SSSR count). The first-order valence-electron chi connectivity index (χ1n) is 12.7. The first kappa shape index (κ1) is 28.6. The Morgan fingerprint density at radius 1 is 0.441 bits per heavy atom. The van der Waals surface area contributed by atoms with Gasteiger partial charge in [0.2, 0.25) is 0 Å². The molecule has 0 bridgehead atoms. The van der Waals surface area contributed by atoms with E-state index in [1.54, 1.807) is 0 Å². The number of rotatable bonds is 3. The van der Waals surface area contributed by atoms with Crippen molar-refractivity contribution in [3.8, 4) is 0 Å². The summed E-state index contributed by atoms with van der Waals surface area (Å²) in [4.78, 5) is 0. The zero-order valence-electron chi connectivity index (χ0n) is 24.4. The minimum atomic E-state index is -1.03. The Morgan fingerprint density at radius 2 is 0.618 bits per heavy atom. The minimum Gasteiger partial charge on any atom is -0.385 e. The fraction of sp³-hybridized carbons (Fsp3) is 0.625. The van der Waals surface area contributed by atoms with Crippen molar-refractivity contribution < 1.29 is 10.2 Å². The largest absolute Gasteiger partial charge is 0.385 e. The van der Waals surface area contributed by atoms with Crippen molar-refractivity contribution in [1.82, 2.24) is 0 Å². The Kier molecular flexibility index (Phi) is 7.65. The Labute approximate surface area is 209 Å². The van der Waals surface area contributed by atoms with Crippen LogP contribution in [0.4, 0.5) is 0 Å². The van der Waals surface area contributed by atoms with Crippen LogP contribution in [0.1, 0.15) is 140 Å². The van der Waals surface area contributed by atoms with E-state index < -0.39 is 12.2 Å². The van der Waals surface area contributed by atoms with Gasteiger partial charge in [0.25, 0.3) is 0 Å². The highest BCUT2D eigenvalue weighted by molar-refractivity contribution is 5.51. The Morgan fingerprint density at radius 3 is 0.765 bits per heavy atom. The highest BCUT2D eigenvalue weighted by Crippen LogP contribution is 2.46. The number of benzene rings is 2. The molecule has 2 aromatic rings. The van der Waals surface area contributed by atoms with Crippen molar-refractivity contribution in [2.45, 2.75) is 131 Å². The maximum absolute atomic E-state index is 12.0. The van der Waals surface area contributed by atoms with Crippen LogP contribution in [0.2, 0.25) is 0 Å². The van der Waals surface area contributed by atoms with Crippen LogP contribution in [0.3, 0.4) is 0 Å². The number of aliphatic hydroxyl groups excluding tert-OH is 2. The highest BCUT2D eigenvalue weighted by Gasteiger charge is 2.37. The molecule has 0 aliphatic rings. The summed E-state index contributed by atoms with van der Waals surface area (Å²) in [6.45, 7) is 30.4. The first-order chi connectivity index (χ1) is 15.1. The normalized spacial score (nSPS) is 15.4. The maximum Gasteiger partial charge on any atom is 0.110 e. The van der Waals surface area contributed by atoms with Gasteiger partial charge in [-0.2, -0.15) is 0 Å². The summed E-state index contributed by atoms with van der Waals surface area (Å²) in [6, 6.07) is 8.74. The van der Waals surface area contributed by atoms with Crippen molar-refractivity contribution in [2.24, 2.45) is 0 Å². The number of aliphatic hydroxyl groups is 2. The van der Waals surface area contributed by atoms with Gasteiger partial charge in [-0.1, -0.05) is 118 Å². The van der Waals surface area contributed by atoms with Gasteiger partial charge in [0, 0.05) is 0 Å². The molecule has 0 amide bonds. The van der Waals surface area contributed by atoms with Gasteiger partial charge in [0.15, 0.2) is 0 Å². The molecule has 0 aliphatic heterocycles. The molecule has 0 spiro atoms. The van der Waals surface area contributed by atoms with E-state index in [0.717, 1.165) is 33.4 Å². The summed E-state index contributed by atoms with van der Waals surface area (Å²) in [5.41, 5.74) is 7.83. The third kappa shape index (κ3) is 5.94. The summed E-state index contributed by atoms with van der Waals surface area (Å²) in [7, 11) is 0. The molecule has 0 radical (unpaired) electrons. The highest BCUT2D eigenvalue weighted by atomic mass is 16.3. The van der Waals surface area contributed by atoms with Gasteiger partial charge in [-0.05, 0) is 68.9 Å². The molecule has 0 aliphatic carbocycles. The van der Waals surface area contributed by atoms with Gasteiger partial charge in [0.05, 0.1) is 0 Å². The third-order valence-corrected chi connectivity index (χ3v) is 6.77. The molecule has 34 heavy (non-hydrogen) atoms. The molecular weight excluding hydrogens is 416 g/mol. The molecule has 2 nitrogen and oxygen atoms in total. The summed E-state index contributed by atoms with van der Waals surface area (Å²) in [5, 5.41) is 24.0. The van der Waals surface area contributed by atoms with E-state index in [2.05, 4.69) is 121 Å². The predicted molar refractivity (Wildman–Crippen MR) is 147 cm³/mol. The smallest absolute Gasteiger partial charge is 0.110 e. The van der Waals surface area contributed by atoms with Crippen molar-refractivity contribution in [1.29, 1.82) is 0 Å². The fourth-order valence-corrected chi connectivity index (χ4v) is 5.03. The molecule has 0 fully saturated rings. The minimum absolute atomic E-state index is 0.172. The SMILES string of the molecule is Cc1cc(C(C)(C)C)c(C(O)C(O)c2c(C(C)(C)C)cc(C)cc2C(C)(C)C)c(C(C)(C)C)c1. The zero-order chi connectivity index (χ0) is 26.6. The quantitative estimate of drug-likeness (QED) is 0.478. The standard InChI is InChI=1S/C32H50O2/c1-19-15-21(29(3,4)5)25(22(16-19)30(6,7)8)27(33)28(34)26-23(31(9,10)11)17-20(2)18-24(26)32(12,13)14/h15-18,27-28,33-34H,1-14H3. The Bertz CT molecular complexity index is 875. The third-order valence-electron chi connectivity index (χ3n) is 6.77. The van der Waals surface area contributed by atoms with Crippen LogP contribution >= 0.6 is 0 Å². The van der Waals surface area contributed by atoms with Crippen molar-refractivity contribution >= 4 is 0 Å². The van der Waals surface area contributed by atoms with Gasteiger partial charge in [0.1, 0.15) is 12.2 Å². The van der Waals surface area contributed by atoms with Gasteiger partial charge >= 0.3 is 0 Å². The summed E-state index contributed by atoms with van der Waals surface area (Å²) in [5.74, 6) is 0. The first-order valence-corrected chi connectivity index (χ1v) is 12.7. The fourth-order valence-electron chi connectivity index (χ4n) is 5.03. The molecule has 0 saturated heterocycles.